The van der Waals surface area contributed by atoms with Gasteiger partial charge >= 0.3 is 5.97 Å². The van der Waals surface area contributed by atoms with Crippen LogP contribution in [-0.2, 0) is 4.79 Å². The maximum Gasteiger partial charge on any atom is 0.329 e. The number of hydrogen-bond acceptors (Lipinski definition) is 2. The SMILES string of the molecule is CCC(C)(CC)N/C=C/C(=O)O. The highest BCUT2D eigenvalue weighted by Crippen LogP contribution is 2.12. The van der Waals surface area contributed by atoms with Gasteiger partial charge in [0.05, 0.1) is 0 Å². The summed E-state index contributed by atoms with van der Waals surface area (Å²) >= 11 is 0. The highest BCUT2D eigenvalue weighted by atomic mass is 16.4. The van der Waals surface area contributed by atoms with Crippen LogP contribution in [-0.4, -0.2) is 16.6 Å². The van der Waals surface area contributed by atoms with Crippen molar-refractivity contribution in [3.05, 3.63) is 12.3 Å². The molecule has 0 aromatic heterocycles. The molecule has 0 heterocycles. The van der Waals surface area contributed by atoms with Gasteiger partial charge in [0.25, 0.3) is 0 Å². The molecule has 3 nitrogen and oxygen atoms in total. The first-order chi connectivity index (χ1) is 5.54. The molecular formula is C9H17NO2. The molecule has 0 radical (unpaired) electrons. The summed E-state index contributed by atoms with van der Waals surface area (Å²) in [4.78, 5) is 10.1. The number of carboxylic acids is 1. The van der Waals surface area contributed by atoms with E-state index in [0.717, 1.165) is 18.9 Å². The predicted octanol–water partition coefficient (Wildman–Crippen LogP) is 1.75. The minimum Gasteiger partial charge on any atom is -0.478 e. The van der Waals surface area contributed by atoms with Crippen LogP contribution in [0.5, 0.6) is 0 Å². The summed E-state index contributed by atoms with van der Waals surface area (Å²) in [5.74, 6) is -0.919. The van der Waals surface area contributed by atoms with Crippen molar-refractivity contribution in [1.29, 1.82) is 0 Å². The molecule has 12 heavy (non-hydrogen) atoms. The number of rotatable bonds is 5. The minimum atomic E-state index is -0.919. The van der Waals surface area contributed by atoms with Crippen LogP contribution in [0.4, 0.5) is 0 Å². The lowest BCUT2D eigenvalue weighted by Gasteiger charge is -2.27. The molecule has 70 valence electrons. The lowest BCUT2D eigenvalue weighted by molar-refractivity contribution is -0.131. The van der Waals surface area contributed by atoms with E-state index in [1.165, 1.54) is 6.20 Å². The molecule has 0 amide bonds. The first kappa shape index (κ1) is 11.0. The Balaban J connectivity index is 3.96. The molecule has 0 aromatic carbocycles. The third-order valence-electron chi connectivity index (χ3n) is 2.22. The van der Waals surface area contributed by atoms with Crippen LogP contribution in [0.1, 0.15) is 33.6 Å². The van der Waals surface area contributed by atoms with Gasteiger partial charge in [-0.3, -0.25) is 0 Å². The summed E-state index contributed by atoms with van der Waals surface area (Å²) in [6, 6.07) is 0. The Kier molecular flexibility index (Phi) is 4.40. The van der Waals surface area contributed by atoms with Gasteiger partial charge in [-0.1, -0.05) is 13.8 Å². The summed E-state index contributed by atoms with van der Waals surface area (Å²) in [5.41, 5.74) is 0.0198. The monoisotopic (exact) mass is 171 g/mol. The second-order valence-electron chi connectivity index (χ2n) is 3.08. The summed E-state index contributed by atoms with van der Waals surface area (Å²) < 4.78 is 0. The van der Waals surface area contributed by atoms with E-state index in [-0.39, 0.29) is 5.54 Å². The van der Waals surface area contributed by atoms with Crippen LogP contribution in [0, 0.1) is 0 Å². The molecule has 0 aliphatic carbocycles. The van der Waals surface area contributed by atoms with Crippen molar-refractivity contribution in [1.82, 2.24) is 5.32 Å². The van der Waals surface area contributed by atoms with Gasteiger partial charge in [-0.05, 0) is 19.8 Å². The Morgan fingerprint density at radius 1 is 1.50 bits per heavy atom. The van der Waals surface area contributed by atoms with Crippen LogP contribution in [0.3, 0.4) is 0 Å². The third kappa shape index (κ3) is 4.01. The first-order valence-electron chi connectivity index (χ1n) is 4.21. The molecule has 0 bridgehead atoms. The van der Waals surface area contributed by atoms with Crippen molar-refractivity contribution >= 4 is 5.97 Å². The van der Waals surface area contributed by atoms with Crippen molar-refractivity contribution < 1.29 is 9.90 Å². The van der Waals surface area contributed by atoms with Gasteiger partial charge in [0.1, 0.15) is 0 Å². The Bertz CT molecular complexity index is 171. The first-order valence-corrected chi connectivity index (χ1v) is 4.21. The van der Waals surface area contributed by atoms with E-state index in [9.17, 15) is 4.79 Å². The molecule has 0 aliphatic heterocycles. The second-order valence-corrected chi connectivity index (χ2v) is 3.08. The van der Waals surface area contributed by atoms with E-state index in [0.29, 0.717) is 0 Å². The van der Waals surface area contributed by atoms with Gasteiger partial charge in [0.2, 0.25) is 0 Å². The van der Waals surface area contributed by atoms with Crippen LogP contribution < -0.4 is 5.32 Å². The number of carbonyl (C=O) groups is 1. The van der Waals surface area contributed by atoms with Crippen LogP contribution in [0.25, 0.3) is 0 Å². The van der Waals surface area contributed by atoms with Crippen molar-refractivity contribution in [3.8, 4) is 0 Å². The maximum absolute atomic E-state index is 10.1. The van der Waals surface area contributed by atoms with Gasteiger partial charge < -0.3 is 10.4 Å². The fourth-order valence-electron chi connectivity index (χ4n) is 0.768. The van der Waals surface area contributed by atoms with Crippen LogP contribution >= 0.6 is 0 Å². The maximum atomic E-state index is 10.1. The van der Waals surface area contributed by atoms with Crippen molar-refractivity contribution in [3.63, 3.8) is 0 Å². The Hall–Kier alpha value is -0.990. The summed E-state index contributed by atoms with van der Waals surface area (Å²) in [6.07, 6.45) is 4.57. The second kappa shape index (κ2) is 4.80. The molecule has 0 saturated heterocycles. The largest absolute Gasteiger partial charge is 0.478 e. The zero-order valence-corrected chi connectivity index (χ0v) is 7.92. The van der Waals surface area contributed by atoms with Gasteiger partial charge in [-0.2, -0.15) is 0 Å². The molecule has 0 saturated carbocycles. The molecular weight excluding hydrogens is 154 g/mol. The molecule has 0 spiro atoms. The van der Waals surface area contributed by atoms with E-state index >= 15 is 0 Å². The number of carboxylic acid groups (broad SMARTS) is 1. The Morgan fingerprint density at radius 3 is 2.33 bits per heavy atom. The summed E-state index contributed by atoms with van der Waals surface area (Å²) in [7, 11) is 0. The van der Waals surface area contributed by atoms with Gasteiger partial charge in [0.15, 0.2) is 0 Å². The summed E-state index contributed by atoms with van der Waals surface area (Å²) in [5, 5.41) is 11.4. The average molecular weight is 171 g/mol. The quantitative estimate of drug-likeness (QED) is 0.619. The molecule has 0 rings (SSSR count). The molecule has 0 unspecified atom stereocenters. The van der Waals surface area contributed by atoms with Crippen molar-refractivity contribution in [2.24, 2.45) is 0 Å². The zero-order chi connectivity index (χ0) is 9.61. The molecule has 0 fully saturated rings. The molecule has 2 N–H and O–H groups in total. The highest BCUT2D eigenvalue weighted by molar-refractivity contribution is 5.79. The molecule has 0 atom stereocenters. The lowest BCUT2D eigenvalue weighted by atomic mass is 9.96. The van der Waals surface area contributed by atoms with Crippen molar-refractivity contribution in [2.45, 2.75) is 39.2 Å². The third-order valence-corrected chi connectivity index (χ3v) is 2.22. The Labute approximate surface area is 73.5 Å². The fraction of sp³-hybridized carbons (Fsp3) is 0.667. The molecule has 0 aromatic rings. The average Bonchev–Trinajstić information content (AvgIpc) is 2.03. The predicted molar refractivity (Wildman–Crippen MR) is 48.9 cm³/mol. The lowest BCUT2D eigenvalue weighted by Crippen LogP contribution is -2.37. The normalized spacial score (nSPS) is 11.9. The van der Waals surface area contributed by atoms with Gasteiger partial charge in [-0.25, -0.2) is 4.79 Å². The summed E-state index contributed by atoms with van der Waals surface area (Å²) in [6.45, 7) is 6.22. The van der Waals surface area contributed by atoms with Crippen LogP contribution in [0.2, 0.25) is 0 Å². The van der Waals surface area contributed by atoms with Crippen molar-refractivity contribution in [2.75, 3.05) is 0 Å². The number of nitrogens with one attached hydrogen (secondary N) is 1. The van der Waals surface area contributed by atoms with E-state index in [1.807, 2.05) is 0 Å². The minimum absolute atomic E-state index is 0.0198. The Morgan fingerprint density at radius 2 is 2.00 bits per heavy atom. The van der Waals surface area contributed by atoms with Gasteiger partial charge in [0, 0.05) is 17.8 Å². The van der Waals surface area contributed by atoms with E-state index in [2.05, 4.69) is 26.1 Å². The number of hydrogen-bond donors (Lipinski definition) is 2. The topological polar surface area (TPSA) is 49.3 Å². The highest BCUT2D eigenvalue weighted by Gasteiger charge is 2.16. The zero-order valence-electron chi connectivity index (χ0n) is 7.92. The van der Waals surface area contributed by atoms with Gasteiger partial charge in [-0.15, -0.1) is 0 Å². The molecule has 0 aliphatic rings. The number of aliphatic carboxylic acids is 1. The van der Waals surface area contributed by atoms with E-state index < -0.39 is 5.97 Å². The fourth-order valence-corrected chi connectivity index (χ4v) is 0.768. The molecule has 3 heteroatoms. The smallest absolute Gasteiger partial charge is 0.329 e. The van der Waals surface area contributed by atoms with E-state index in [4.69, 9.17) is 5.11 Å². The van der Waals surface area contributed by atoms with E-state index in [1.54, 1.807) is 0 Å². The van der Waals surface area contributed by atoms with Crippen LogP contribution in [0.15, 0.2) is 12.3 Å². The standard InChI is InChI=1S/C9H17NO2/c1-4-9(3,5-2)10-7-6-8(11)12/h6-7,10H,4-5H2,1-3H3,(H,11,12)/b7-6+.